The van der Waals surface area contributed by atoms with Gasteiger partial charge in [-0.2, -0.15) is 0 Å². The number of aliphatic hydroxyl groups is 1. The van der Waals surface area contributed by atoms with Gasteiger partial charge in [0.15, 0.2) is 5.82 Å². The van der Waals surface area contributed by atoms with Crippen LogP contribution in [0, 0.1) is 15.9 Å². The van der Waals surface area contributed by atoms with Gasteiger partial charge in [-0.1, -0.05) is 0 Å². The van der Waals surface area contributed by atoms with Gasteiger partial charge in [0.2, 0.25) is 0 Å². The molecule has 0 aliphatic heterocycles. The lowest BCUT2D eigenvalue weighted by Gasteiger charge is -2.11. The first-order valence-electron chi connectivity index (χ1n) is 4.57. The number of hydrogen-bond acceptors (Lipinski definition) is 4. The minimum absolute atomic E-state index is 0.0166. The molecular formula is C9H9BrClFN2O3. The molecule has 0 aliphatic rings. The van der Waals surface area contributed by atoms with E-state index in [2.05, 4.69) is 21.2 Å². The van der Waals surface area contributed by atoms with Gasteiger partial charge in [-0.25, -0.2) is 4.39 Å². The maximum absolute atomic E-state index is 13.4. The Labute approximate surface area is 110 Å². The van der Waals surface area contributed by atoms with Crippen LogP contribution in [0.15, 0.2) is 16.6 Å². The van der Waals surface area contributed by atoms with Crippen molar-refractivity contribution in [2.45, 2.75) is 6.10 Å². The number of benzene rings is 1. The van der Waals surface area contributed by atoms with Crippen molar-refractivity contribution in [3.63, 3.8) is 0 Å². The van der Waals surface area contributed by atoms with Gasteiger partial charge in [0.1, 0.15) is 0 Å². The molecule has 0 saturated heterocycles. The molecule has 0 fully saturated rings. The highest BCUT2D eigenvalue weighted by atomic mass is 79.9. The summed E-state index contributed by atoms with van der Waals surface area (Å²) in [6.45, 7) is 0.0602. The van der Waals surface area contributed by atoms with Crippen molar-refractivity contribution in [2.24, 2.45) is 0 Å². The molecule has 2 N–H and O–H groups in total. The van der Waals surface area contributed by atoms with Crippen molar-refractivity contribution in [3.05, 3.63) is 32.5 Å². The third kappa shape index (κ3) is 3.79. The van der Waals surface area contributed by atoms with Crippen LogP contribution in [0.1, 0.15) is 0 Å². The summed E-state index contributed by atoms with van der Waals surface area (Å²) in [7, 11) is 0. The van der Waals surface area contributed by atoms with Crippen LogP contribution in [0.25, 0.3) is 0 Å². The Kier molecular flexibility index (Phi) is 5.10. The first-order valence-corrected chi connectivity index (χ1v) is 5.89. The predicted octanol–water partition coefficient (Wildman–Crippen LogP) is 2.51. The number of hydrogen-bond donors (Lipinski definition) is 2. The molecule has 0 radical (unpaired) electrons. The average molecular weight is 328 g/mol. The Morgan fingerprint density at radius 2 is 2.29 bits per heavy atom. The van der Waals surface area contributed by atoms with Crippen LogP contribution >= 0.6 is 27.5 Å². The Hall–Kier alpha value is -0.920. The first-order chi connectivity index (χ1) is 7.95. The molecule has 1 atom stereocenters. The Balaban J connectivity index is 2.88. The molecule has 0 bridgehead atoms. The standard InChI is InChI=1S/C9H9BrClFN2O3/c10-6-1-8(13-4-5(15)3-11)7(12)2-9(6)14(16)17/h1-2,5,13,15H,3-4H2. The minimum atomic E-state index is -0.815. The summed E-state index contributed by atoms with van der Waals surface area (Å²) in [5.41, 5.74) is -0.294. The van der Waals surface area contributed by atoms with Gasteiger partial charge in [-0.15, -0.1) is 11.6 Å². The Morgan fingerprint density at radius 1 is 1.65 bits per heavy atom. The summed E-state index contributed by atoms with van der Waals surface area (Å²) in [5, 5.41) is 22.3. The number of anilines is 1. The lowest BCUT2D eigenvalue weighted by molar-refractivity contribution is -0.385. The summed E-state index contributed by atoms with van der Waals surface area (Å²) in [6, 6.07) is 2.05. The third-order valence-electron chi connectivity index (χ3n) is 1.94. The first kappa shape index (κ1) is 14.1. The van der Waals surface area contributed by atoms with E-state index in [9.17, 15) is 19.6 Å². The monoisotopic (exact) mass is 326 g/mol. The molecule has 17 heavy (non-hydrogen) atoms. The average Bonchev–Trinajstić information content (AvgIpc) is 2.28. The highest BCUT2D eigenvalue weighted by Crippen LogP contribution is 2.30. The molecule has 0 aromatic heterocycles. The van der Waals surface area contributed by atoms with Gasteiger partial charge in [-0.3, -0.25) is 10.1 Å². The van der Waals surface area contributed by atoms with Gasteiger partial charge in [0.25, 0.3) is 5.69 Å². The number of nitro benzene ring substituents is 1. The van der Waals surface area contributed by atoms with E-state index in [1.54, 1.807) is 0 Å². The second kappa shape index (κ2) is 6.13. The molecular weight excluding hydrogens is 318 g/mol. The molecule has 5 nitrogen and oxygen atoms in total. The zero-order chi connectivity index (χ0) is 13.0. The molecule has 0 amide bonds. The van der Waals surface area contributed by atoms with Gasteiger partial charge in [-0.05, 0) is 22.0 Å². The topological polar surface area (TPSA) is 75.4 Å². The zero-order valence-electron chi connectivity index (χ0n) is 8.49. The van der Waals surface area contributed by atoms with Crippen molar-refractivity contribution in [3.8, 4) is 0 Å². The van der Waals surface area contributed by atoms with Crippen molar-refractivity contribution < 1.29 is 14.4 Å². The molecule has 0 aliphatic carbocycles. The van der Waals surface area contributed by atoms with Gasteiger partial charge in [0.05, 0.1) is 33.1 Å². The van der Waals surface area contributed by atoms with E-state index in [0.29, 0.717) is 0 Å². The van der Waals surface area contributed by atoms with E-state index >= 15 is 0 Å². The number of nitrogens with one attached hydrogen (secondary N) is 1. The van der Waals surface area contributed by atoms with Crippen LogP contribution < -0.4 is 5.32 Å². The smallest absolute Gasteiger partial charge is 0.286 e. The van der Waals surface area contributed by atoms with Crippen LogP contribution in [0.3, 0.4) is 0 Å². The molecule has 0 saturated carbocycles. The van der Waals surface area contributed by atoms with E-state index < -0.39 is 16.8 Å². The van der Waals surface area contributed by atoms with E-state index in [0.717, 1.165) is 6.07 Å². The summed E-state index contributed by atoms with van der Waals surface area (Å²) in [6.07, 6.45) is -0.815. The maximum atomic E-state index is 13.4. The third-order valence-corrected chi connectivity index (χ3v) is 2.93. The molecule has 1 rings (SSSR count). The fourth-order valence-electron chi connectivity index (χ4n) is 1.09. The largest absolute Gasteiger partial charge is 0.390 e. The molecule has 8 heteroatoms. The van der Waals surface area contributed by atoms with Crippen LogP contribution in [-0.4, -0.2) is 28.6 Å². The van der Waals surface area contributed by atoms with Gasteiger partial charge < -0.3 is 10.4 Å². The van der Waals surface area contributed by atoms with Crippen LogP contribution in [-0.2, 0) is 0 Å². The predicted molar refractivity (Wildman–Crippen MR) is 66.0 cm³/mol. The number of alkyl halides is 1. The molecule has 94 valence electrons. The molecule has 1 unspecified atom stereocenters. The van der Waals surface area contributed by atoms with Crippen molar-refractivity contribution in [1.29, 1.82) is 0 Å². The lowest BCUT2D eigenvalue weighted by Crippen LogP contribution is -2.21. The zero-order valence-corrected chi connectivity index (χ0v) is 10.8. The second-order valence-electron chi connectivity index (χ2n) is 3.23. The van der Waals surface area contributed by atoms with Crippen LogP contribution in [0.4, 0.5) is 15.8 Å². The molecule has 0 spiro atoms. The highest BCUT2D eigenvalue weighted by molar-refractivity contribution is 9.10. The van der Waals surface area contributed by atoms with Crippen LogP contribution in [0.5, 0.6) is 0 Å². The van der Waals surface area contributed by atoms with E-state index in [1.165, 1.54) is 6.07 Å². The fraction of sp³-hybridized carbons (Fsp3) is 0.333. The number of nitro groups is 1. The number of halogens is 3. The van der Waals surface area contributed by atoms with E-state index in [-0.39, 0.29) is 28.3 Å². The van der Waals surface area contributed by atoms with Gasteiger partial charge in [0, 0.05) is 6.54 Å². The van der Waals surface area contributed by atoms with Crippen molar-refractivity contribution >= 4 is 38.9 Å². The normalized spacial score (nSPS) is 12.2. The Bertz CT molecular complexity index is 433. The second-order valence-corrected chi connectivity index (χ2v) is 4.39. The fourth-order valence-corrected chi connectivity index (χ4v) is 1.69. The van der Waals surface area contributed by atoms with Crippen LogP contribution in [0.2, 0.25) is 0 Å². The Morgan fingerprint density at radius 3 is 2.82 bits per heavy atom. The molecule has 1 aromatic carbocycles. The number of nitrogens with zero attached hydrogens (tertiary/aromatic N) is 1. The highest BCUT2D eigenvalue weighted by Gasteiger charge is 2.16. The van der Waals surface area contributed by atoms with Crippen molar-refractivity contribution in [2.75, 3.05) is 17.7 Å². The quantitative estimate of drug-likeness (QED) is 0.495. The molecule has 0 heterocycles. The lowest BCUT2D eigenvalue weighted by atomic mass is 10.2. The maximum Gasteiger partial charge on any atom is 0.286 e. The summed E-state index contributed by atoms with van der Waals surface area (Å²) < 4.78 is 13.6. The minimum Gasteiger partial charge on any atom is -0.390 e. The van der Waals surface area contributed by atoms with Gasteiger partial charge >= 0.3 is 0 Å². The van der Waals surface area contributed by atoms with E-state index in [4.69, 9.17) is 11.6 Å². The summed E-state index contributed by atoms with van der Waals surface area (Å²) in [5.74, 6) is -0.746. The van der Waals surface area contributed by atoms with E-state index in [1.807, 2.05) is 0 Å². The van der Waals surface area contributed by atoms with Crippen molar-refractivity contribution in [1.82, 2.24) is 0 Å². The molecule has 1 aromatic rings. The number of aliphatic hydroxyl groups excluding tert-OH is 1. The number of rotatable bonds is 5. The summed E-state index contributed by atoms with van der Waals surface area (Å²) >= 11 is 8.34. The summed E-state index contributed by atoms with van der Waals surface area (Å²) in [4.78, 5) is 9.84. The SMILES string of the molecule is O=[N+]([O-])c1cc(F)c(NCC(O)CCl)cc1Br.